The first-order valence-electron chi connectivity index (χ1n) is 10.5. The van der Waals surface area contributed by atoms with Crippen molar-refractivity contribution in [2.75, 3.05) is 0 Å². The van der Waals surface area contributed by atoms with Gasteiger partial charge in [0.05, 0.1) is 0 Å². The zero-order chi connectivity index (χ0) is 20.8. The maximum Gasteiger partial charge on any atom is 0.256 e. The van der Waals surface area contributed by atoms with Gasteiger partial charge in [0.25, 0.3) is 5.91 Å². The highest BCUT2D eigenvalue weighted by Gasteiger charge is 2.57. The summed E-state index contributed by atoms with van der Waals surface area (Å²) in [5, 5.41) is 5.78. The Morgan fingerprint density at radius 1 is 1.17 bits per heavy atom. The summed E-state index contributed by atoms with van der Waals surface area (Å²) in [5.74, 6) is -0.526. The minimum absolute atomic E-state index is 0.108. The van der Waals surface area contributed by atoms with E-state index < -0.39 is 16.8 Å². The molecule has 4 rings (SSSR count). The molecule has 1 aromatic rings. The fraction of sp³-hybridized carbons (Fsp3) is 0.591. The molecule has 6 nitrogen and oxygen atoms in total. The smallest absolute Gasteiger partial charge is 0.256 e. The van der Waals surface area contributed by atoms with Gasteiger partial charge < -0.3 is 15.5 Å². The van der Waals surface area contributed by atoms with E-state index in [2.05, 4.69) is 10.6 Å². The topological polar surface area (TPSA) is 78.5 Å². The van der Waals surface area contributed by atoms with Crippen LogP contribution in [-0.4, -0.2) is 45.5 Å². The van der Waals surface area contributed by atoms with Crippen molar-refractivity contribution in [1.82, 2.24) is 15.5 Å². The molecular weight excluding hydrogens is 386 g/mol. The summed E-state index contributed by atoms with van der Waals surface area (Å²) in [5.41, 5.74) is 1.63. The molecule has 2 heterocycles. The van der Waals surface area contributed by atoms with E-state index in [4.69, 9.17) is 0 Å². The van der Waals surface area contributed by atoms with Crippen molar-refractivity contribution in [3.63, 3.8) is 0 Å². The molecule has 156 valence electrons. The first-order chi connectivity index (χ1) is 13.8. The van der Waals surface area contributed by atoms with Crippen LogP contribution in [0.1, 0.15) is 74.2 Å². The number of carbonyl (C=O) groups excluding carboxylic acids is 3. The molecule has 0 radical (unpaired) electrons. The van der Waals surface area contributed by atoms with Gasteiger partial charge in [-0.1, -0.05) is 37.5 Å². The Morgan fingerprint density at radius 2 is 1.86 bits per heavy atom. The molecule has 3 amide bonds. The Labute approximate surface area is 176 Å². The van der Waals surface area contributed by atoms with Crippen LogP contribution in [-0.2, 0) is 9.59 Å². The van der Waals surface area contributed by atoms with Gasteiger partial charge in [0, 0.05) is 16.4 Å². The molecule has 2 aliphatic heterocycles. The Balaban J connectivity index is 1.46. The summed E-state index contributed by atoms with van der Waals surface area (Å²) in [6.45, 7) is 5.69. The minimum atomic E-state index is -0.635. The number of hydrogen-bond acceptors (Lipinski definition) is 4. The molecular formula is C22H29N3O3S. The first kappa shape index (κ1) is 20.3. The van der Waals surface area contributed by atoms with Crippen LogP contribution in [0.5, 0.6) is 0 Å². The highest BCUT2D eigenvalue weighted by molar-refractivity contribution is 8.01. The predicted octanol–water partition coefficient (Wildman–Crippen LogP) is 2.99. The summed E-state index contributed by atoms with van der Waals surface area (Å²) in [6.07, 6.45) is 5.50. The molecule has 3 aliphatic rings. The lowest BCUT2D eigenvalue weighted by atomic mass is 9.95. The lowest BCUT2D eigenvalue weighted by molar-refractivity contribution is -0.131. The van der Waals surface area contributed by atoms with E-state index in [9.17, 15) is 14.4 Å². The molecule has 3 atom stereocenters. The van der Waals surface area contributed by atoms with Gasteiger partial charge in [0.2, 0.25) is 11.8 Å². The number of carbonyl (C=O) groups is 3. The number of nitrogens with zero attached hydrogens (tertiary/aromatic N) is 1. The third-order valence-corrected chi connectivity index (χ3v) is 7.78. The van der Waals surface area contributed by atoms with E-state index in [1.165, 1.54) is 6.42 Å². The number of hydrogen-bond donors (Lipinski definition) is 2. The molecule has 2 fully saturated rings. The Morgan fingerprint density at radius 3 is 2.59 bits per heavy atom. The van der Waals surface area contributed by atoms with Crippen molar-refractivity contribution in [2.45, 2.75) is 81.1 Å². The third-order valence-electron chi connectivity index (χ3n) is 6.25. The zero-order valence-corrected chi connectivity index (χ0v) is 18.1. The fourth-order valence-electron chi connectivity index (χ4n) is 4.74. The Hall–Kier alpha value is -2.02. The van der Waals surface area contributed by atoms with Crippen LogP contribution >= 0.6 is 11.8 Å². The maximum atomic E-state index is 13.2. The van der Waals surface area contributed by atoms with Gasteiger partial charge in [-0.3, -0.25) is 14.4 Å². The van der Waals surface area contributed by atoms with E-state index >= 15 is 0 Å². The monoisotopic (exact) mass is 415 g/mol. The molecule has 1 saturated carbocycles. The van der Waals surface area contributed by atoms with Gasteiger partial charge in [0.1, 0.15) is 17.5 Å². The number of fused-ring (bicyclic) bond motifs is 3. The molecule has 7 heteroatoms. The second-order valence-electron chi connectivity index (χ2n) is 8.85. The third kappa shape index (κ3) is 3.65. The van der Waals surface area contributed by atoms with E-state index in [1.54, 1.807) is 23.6 Å². The SMILES string of the molecule is C[C@H](NC(=O)[C@H]1N2C(=O)c3ccccc3C2SC1(C)C)C(=O)NC1CCCCC1. The number of benzene rings is 1. The van der Waals surface area contributed by atoms with Crippen molar-refractivity contribution in [1.29, 1.82) is 0 Å². The van der Waals surface area contributed by atoms with Crippen LogP contribution in [0.25, 0.3) is 0 Å². The zero-order valence-electron chi connectivity index (χ0n) is 17.2. The van der Waals surface area contributed by atoms with Gasteiger partial charge in [-0.15, -0.1) is 11.8 Å². The minimum Gasteiger partial charge on any atom is -0.352 e. The first-order valence-corrected chi connectivity index (χ1v) is 11.4. The molecule has 0 spiro atoms. The summed E-state index contributed by atoms with van der Waals surface area (Å²) in [4.78, 5) is 40.5. The molecule has 1 unspecified atom stereocenters. The largest absolute Gasteiger partial charge is 0.352 e. The van der Waals surface area contributed by atoms with Crippen LogP contribution in [0, 0.1) is 0 Å². The lowest BCUT2D eigenvalue weighted by Crippen LogP contribution is -2.57. The number of rotatable bonds is 4. The highest BCUT2D eigenvalue weighted by Crippen LogP contribution is 2.56. The van der Waals surface area contributed by atoms with Crippen molar-refractivity contribution < 1.29 is 14.4 Å². The van der Waals surface area contributed by atoms with Gasteiger partial charge in [-0.05, 0) is 45.2 Å². The van der Waals surface area contributed by atoms with Gasteiger partial charge in [-0.25, -0.2) is 0 Å². The molecule has 0 aromatic heterocycles. The average Bonchev–Trinajstić information content (AvgIpc) is 3.12. The van der Waals surface area contributed by atoms with Crippen LogP contribution < -0.4 is 10.6 Å². The second kappa shape index (κ2) is 7.67. The number of thioether (sulfide) groups is 1. The lowest BCUT2D eigenvalue weighted by Gasteiger charge is -2.31. The second-order valence-corrected chi connectivity index (χ2v) is 10.6. The summed E-state index contributed by atoms with van der Waals surface area (Å²) in [6, 6.07) is 6.50. The Bertz CT molecular complexity index is 834. The normalized spacial score (nSPS) is 26.6. The van der Waals surface area contributed by atoms with Gasteiger partial charge >= 0.3 is 0 Å². The standard InChI is InChI=1S/C22H29N3O3S/c1-13(18(26)24-14-9-5-4-6-10-14)23-19(27)17-22(2,3)29-21-16-12-8-7-11-15(16)20(28)25(17)21/h7-8,11-14,17,21H,4-6,9-10H2,1-3H3,(H,23,27)(H,24,26)/t13-,17+,21?/m0/s1. The predicted molar refractivity (Wildman–Crippen MR) is 113 cm³/mol. The van der Waals surface area contributed by atoms with E-state index in [0.717, 1.165) is 31.2 Å². The molecule has 0 bridgehead atoms. The summed E-state index contributed by atoms with van der Waals surface area (Å²) in [7, 11) is 0. The van der Waals surface area contributed by atoms with Gasteiger partial charge in [-0.2, -0.15) is 0 Å². The number of nitrogens with one attached hydrogen (secondary N) is 2. The van der Waals surface area contributed by atoms with Crippen molar-refractivity contribution in [2.24, 2.45) is 0 Å². The number of amides is 3. The molecule has 2 N–H and O–H groups in total. The van der Waals surface area contributed by atoms with Crippen LogP contribution in [0.2, 0.25) is 0 Å². The summed E-state index contributed by atoms with van der Waals surface area (Å²) < 4.78 is -0.447. The maximum absolute atomic E-state index is 13.2. The van der Waals surface area contributed by atoms with E-state index in [-0.39, 0.29) is 29.1 Å². The van der Waals surface area contributed by atoms with Crippen molar-refractivity contribution >= 4 is 29.5 Å². The van der Waals surface area contributed by atoms with Crippen LogP contribution in [0.4, 0.5) is 0 Å². The highest BCUT2D eigenvalue weighted by atomic mass is 32.2. The summed E-state index contributed by atoms with van der Waals surface area (Å²) >= 11 is 1.63. The molecule has 1 aliphatic carbocycles. The van der Waals surface area contributed by atoms with Crippen LogP contribution in [0.3, 0.4) is 0 Å². The van der Waals surface area contributed by atoms with Crippen molar-refractivity contribution in [3.8, 4) is 0 Å². The molecule has 1 aromatic carbocycles. The average molecular weight is 416 g/mol. The van der Waals surface area contributed by atoms with E-state index in [0.29, 0.717) is 5.56 Å². The Kier molecular flexibility index (Phi) is 5.36. The van der Waals surface area contributed by atoms with Gasteiger partial charge in [0.15, 0.2) is 0 Å². The molecule has 29 heavy (non-hydrogen) atoms. The van der Waals surface area contributed by atoms with Crippen molar-refractivity contribution in [3.05, 3.63) is 35.4 Å². The molecule has 1 saturated heterocycles. The van der Waals surface area contributed by atoms with E-state index in [1.807, 2.05) is 38.1 Å². The fourth-order valence-corrected chi connectivity index (χ4v) is 6.32. The van der Waals surface area contributed by atoms with Crippen LogP contribution in [0.15, 0.2) is 24.3 Å². The quantitative estimate of drug-likeness (QED) is 0.792.